The monoisotopic (exact) mass is 277 g/mol. The molecule has 0 aliphatic heterocycles. The molecule has 0 amide bonds. The predicted molar refractivity (Wildman–Crippen MR) is 46.3 cm³/mol. The van der Waals surface area contributed by atoms with Gasteiger partial charge in [-0.15, -0.1) is 0 Å². The van der Waals surface area contributed by atoms with Crippen LogP contribution in [0.1, 0.15) is 25.3 Å². The van der Waals surface area contributed by atoms with E-state index < -0.39 is 0 Å². The highest BCUT2D eigenvalue weighted by Crippen LogP contribution is 1.91. The molecule has 0 aliphatic rings. The van der Waals surface area contributed by atoms with Gasteiger partial charge in [0.15, 0.2) is 12.4 Å². The first-order chi connectivity index (χ1) is 5.33. The van der Waals surface area contributed by atoms with Crippen molar-refractivity contribution < 1.29 is 28.5 Å². The van der Waals surface area contributed by atoms with Gasteiger partial charge in [0.1, 0.15) is 6.54 Å². The van der Waals surface area contributed by atoms with E-state index in [-0.39, 0.29) is 24.0 Å². The maximum Gasteiger partial charge on any atom is 0.169 e. The molecule has 0 atom stereocenters. The van der Waals surface area contributed by atoms with Crippen LogP contribution in [0.2, 0.25) is 0 Å². The van der Waals surface area contributed by atoms with Crippen LogP contribution in [-0.2, 0) is 6.54 Å². The van der Waals surface area contributed by atoms with Gasteiger partial charge in [-0.3, -0.25) is 0 Å². The lowest BCUT2D eigenvalue weighted by Crippen LogP contribution is -3.00. The highest BCUT2D eigenvalue weighted by molar-refractivity contribution is 5.03. The lowest BCUT2D eigenvalue weighted by atomic mass is 10.3. The summed E-state index contributed by atoms with van der Waals surface area (Å²) in [5.41, 5.74) is 1.33. The van der Waals surface area contributed by atoms with Crippen molar-refractivity contribution in [2.75, 3.05) is 0 Å². The van der Waals surface area contributed by atoms with Gasteiger partial charge < -0.3 is 24.0 Å². The van der Waals surface area contributed by atoms with Gasteiger partial charge in [-0.1, -0.05) is 13.3 Å². The summed E-state index contributed by atoms with van der Waals surface area (Å²) in [6.07, 6.45) is 6.82. The molecule has 12 heavy (non-hydrogen) atoms. The molecule has 2 heteroatoms. The Labute approximate surface area is 91.8 Å². The third-order valence-corrected chi connectivity index (χ3v) is 1.83. The summed E-state index contributed by atoms with van der Waals surface area (Å²) in [4.78, 5) is 0. The molecular formula is C10H16IN. The molecule has 0 fully saturated rings. The Bertz CT molecular complexity index is 206. The Morgan fingerprint density at radius 3 is 2.33 bits per heavy atom. The lowest BCUT2D eigenvalue weighted by Gasteiger charge is -1.94. The van der Waals surface area contributed by atoms with Gasteiger partial charge in [0, 0.05) is 18.6 Å². The second-order valence-electron chi connectivity index (χ2n) is 2.97. The van der Waals surface area contributed by atoms with Gasteiger partial charge >= 0.3 is 0 Å². The van der Waals surface area contributed by atoms with E-state index in [1.165, 1.54) is 18.4 Å². The van der Waals surface area contributed by atoms with Gasteiger partial charge in [-0.25, -0.2) is 4.57 Å². The molecule has 68 valence electrons. The minimum absolute atomic E-state index is 0. The molecule has 1 rings (SSSR count). The zero-order valence-corrected chi connectivity index (χ0v) is 9.91. The smallest absolute Gasteiger partial charge is 0.169 e. The zero-order valence-electron chi connectivity index (χ0n) is 7.76. The van der Waals surface area contributed by atoms with Crippen molar-refractivity contribution in [1.82, 2.24) is 0 Å². The Balaban J connectivity index is 0.00000121. The molecule has 1 aromatic heterocycles. The van der Waals surface area contributed by atoms with Crippen LogP contribution >= 0.6 is 0 Å². The Hall–Kier alpha value is -0.120. The van der Waals surface area contributed by atoms with Crippen LogP contribution in [0.5, 0.6) is 0 Å². The average Bonchev–Trinajstić information content (AvgIpc) is 2.04. The normalized spacial score (nSPS) is 9.17. The van der Waals surface area contributed by atoms with Crippen molar-refractivity contribution >= 4 is 0 Å². The van der Waals surface area contributed by atoms with E-state index in [1.807, 2.05) is 0 Å². The fraction of sp³-hybridized carbons (Fsp3) is 0.500. The van der Waals surface area contributed by atoms with E-state index in [1.54, 1.807) is 0 Å². The zero-order chi connectivity index (χ0) is 8.10. The van der Waals surface area contributed by atoms with Crippen LogP contribution in [0.25, 0.3) is 0 Å². The van der Waals surface area contributed by atoms with Crippen LogP contribution in [0.3, 0.4) is 0 Å². The van der Waals surface area contributed by atoms with Gasteiger partial charge in [0.25, 0.3) is 0 Å². The second kappa shape index (κ2) is 6.40. The van der Waals surface area contributed by atoms with Crippen molar-refractivity contribution in [2.45, 2.75) is 33.2 Å². The number of unbranched alkanes of at least 4 members (excludes halogenated alkanes) is 1. The summed E-state index contributed by atoms with van der Waals surface area (Å²) in [6.45, 7) is 5.48. The molecular weight excluding hydrogens is 261 g/mol. The first-order valence-corrected chi connectivity index (χ1v) is 4.28. The van der Waals surface area contributed by atoms with Crippen molar-refractivity contribution in [1.29, 1.82) is 0 Å². The van der Waals surface area contributed by atoms with E-state index in [0.717, 1.165) is 6.54 Å². The van der Waals surface area contributed by atoms with E-state index in [4.69, 9.17) is 0 Å². The van der Waals surface area contributed by atoms with Crippen LogP contribution in [-0.4, -0.2) is 0 Å². The number of halogens is 1. The summed E-state index contributed by atoms with van der Waals surface area (Å²) in [6, 6.07) is 4.30. The highest BCUT2D eigenvalue weighted by atomic mass is 127. The van der Waals surface area contributed by atoms with Crippen molar-refractivity contribution in [3.63, 3.8) is 0 Å². The SMILES string of the molecule is CCCC[n+]1ccc(C)cc1.[I-]. The minimum Gasteiger partial charge on any atom is -1.00 e. The average molecular weight is 277 g/mol. The van der Waals surface area contributed by atoms with Gasteiger partial charge in [0.05, 0.1) is 0 Å². The Kier molecular flexibility index (Phi) is 6.34. The van der Waals surface area contributed by atoms with E-state index >= 15 is 0 Å². The summed E-state index contributed by atoms with van der Waals surface area (Å²) in [5.74, 6) is 0. The molecule has 0 unspecified atom stereocenters. The summed E-state index contributed by atoms with van der Waals surface area (Å²) in [5, 5.41) is 0. The third-order valence-electron chi connectivity index (χ3n) is 1.83. The van der Waals surface area contributed by atoms with Crippen LogP contribution in [0, 0.1) is 6.92 Å². The summed E-state index contributed by atoms with van der Waals surface area (Å²) < 4.78 is 2.23. The molecule has 1 aromatic rings. The van der Waals surface area contributed by atoms with Crippen molar-refractivity contribution in [3.05, 3.63) is 30.1 Å². The first-order valence-electron chi connectivity index (χ1n) is 4.28. The molecule has 0 saturated carbocycles. The predicted octanol–water partition coefficient (Wildman–Crippen LogP) is -0.913. The Morgan fingerprint density at radius 2 is 1.83 bits per heavy atom. The largest absolute Gasteiger partial charge is 1.00 e. The van der Waals surface area contributed by atoms with E-state index in [9.17, 15) is 0 Å². The molecule has 0 saturated heterocycles. The lowest BCUT2D eigenvalue weighted by molar-refractivity contribution is -0.697. The Morgan fingerprint density at radius 1 is 1.25 bits per heavy atom. The topological polar surface area (TPSA) is 3.88 Å². The number of aromatic nitrogens is 1. The molecule has 0 spiro atoms. The van der Waals surface area contributed by atoms with Crippen LogP contribution < -0.4 is 28.5 Å². The number of hydrogen-bond acceptors (Lipinski definition) is 0. The van der Waals surface area contributed by atoms with Crippen LogP contribution in [0.4, 0.5) is 0 Å². The molecule has 0 aliphatic carbocycles. The number of nitrogens with zero attached hydrogens (tertiary/aromatic N) is 1. The van der Waals surface area contributed by atoms with E-state index in [0.29, 0.717) is 0 Å². The maximum absolute atomic E-state index is 2.23. The summed E-state index contributed by atoms with van der Waals surface area (Å²) in [7, 11) is 0. The third kappa shape index (κ3) is 4.04. The van der Waals surface area contributed by atoms with Crippen molar-refractivity contribution in [2.24, 2.45) is 0 Å². The molecule has 0 aromatic carbocycles. The van der Waals surface area contributed by atoms with Gasteiger partial charge in [0.2, 0.25) is 0 Å². The summed E-state index contributed by atoms with van der Waals surface area (Å²) >= 11 is 0. The van der Waals surface area contributed by atoms with Gasteiger partial charge in [-0.05, 0) is 12.5 Å². The quantitative estimate of drug-likeness (QED) is 0.497. The number of rotatable bonds is 3. The van der Waals surface area contributed by atoms with Crippen LogP contribution in [0.15, 0.2) is 24.5 Å². The maximum atomic E-state index is 2.23. The molecule has 1 nitrogen and oxygen atoms in total. The van der Waals surface area contributed by atoms with Crippen molar-refractivity contribution in [3.8, 4) is 0 Å². The number of pyridine rings is 1. The molecule has 0 N–H and O–H groups in total. The second-order valence-corrected chi connectivity index (χ2v) is 2.97. The fourth-order valence-electron chi connectivity index (χ4n) is 1.02. The minimum atomic E-state index is 0. The fourth-order valence-corrected chi connectivity index (χ4v) is 1.02. The molecule has 0 bridgehead atoms. The van der Waals surface area contributed by atoms with E-state index in [2.05, 4.69) is 42.9 Å². The first kappa shape index (κ1) is 11.9. The van der Waals surface area contributed by atoms with Gasteiger partial charge in [-0.2, -0.15) is 0 Å². The number of hydrogen-bond donors (Lipinski definition) is 0. The molecule has 0 radical (unpaired) electrons. The standard InChI is InChI=1S/C10H16N.HI/c1-3-4-7-11-8-5-10(2)6-9-11;/h5-6,8-9H,3-4,7H2,1-2H3;1H/q+1;/p-1. The highest BCUT2D eigenvalue weighted by Gasteiger charge is 1.95. The number of aryl methyl sites for hydroxylation is 2. The molecule has 1 heterocycles.